The summed E-state index contributed by atoms with van der Waals surface area (Å²) in [5, 5.41) is 8.73. The minimum Gasteiger partial charge on any atom is -0.495 e. The van der Waals surface area contributed by atoms with Gasteiger partial charge in [0.25, 0.3) is 0 Å². The minimum absolute atomic E-state index is 0.657. The van der Waals surface area contributed by atoms with E-state index in [1.807, 2.05) is 35.9 Å². The van der Waals surface area contributed by atoms with Gasteiger partial charge in [-0.1, -0.05) is 12.1 Å². The van der Waals surface area contributed by atoms with Crippen LogP contribution in [0.1, 0.15) is 11.3 Å². The van der Waals surface area contributed by atoms with Crippen molar-refractivity contribution in [2.45, 2.75) is 6.92 Å². The standard InChI is InChI=1S/C14H14N2O3/c1-10-8-16(9-15-10)14-11(6-7-13(17)18)4-3-5-12(14)19-2/h3-9H,1-2H3,(H,17,18)/b7-6+. The van der Waals surface area contributed by atoms with Gasteiger partial charge in [-0.25, -0.2) is 9.78 Å². The number of methoxy groups -OCH3 is 1. The molecule has 0 spiro atoms. The zero-order valence-electron chi connectivity index (χ0n) is 10.7. The number of carbonyl (C=O) groups is 1. The molecule has 0 aliphatic heterocycles. The number of imidazole rings is 1. The Morgan fingerprint density at radius 2 is 2.26 bits per heavy atom. The summed E-state index contributed by atoms with van der Waals surface area (Å²) in [6.45, 7) is 1.89. The molecule has 0 radical (unpaired) electrons. The van der Waals surface area contributed by atoms with Crippen LogP contribution in [0, 0.1) is 6.92 Å². The number of aliphatic carboxylic acids is 1. The van der Waals surface area contributed by atoms with Crippen molar-refractivity contribution < 1.29 is 14.6 Å². The number of hydrogen-bond donors (Lipinski definition) is 1. The zero-order valence-corrected chi connectivity index (χ0v) is 10.7. The summed E-state index contributed by atoms with van der Waals surface area (Å²) in [4.78, 5) is 14.8. The molecular weight excluding hydrogens is 244 g/mol. The average molecular weight is 258 g/mol. The second-order valence-electron chi connectivity index (χ2n) is 3.99. The highest BCUT2D eigenvalue weighted by Crippen LogP contribution is 2.27. The number of benzene rings is 1. The normalized spacial score (nSPS) is 10.8. The summed E-state index contributed by atoms with van der Waals surface area (Å²) in [7, 11) is 1.58. The summed E-state index contributed by atoms with van der Waals surface area (Å²) in [5.74, 6) is -0.333. The van der Waals surface area contributed by atoms with Crippen LogP contribution in [0.5, 0.6) is 5.75 Å². The van der Waals surface area contributed by atoms with Gasteiger partial charge in [0.15, 0.2) is 0 Å². The van der Waals surface area contributed by atoms with Gasteiger partial charge in [-0.05, 0) is 19.1 Å². The number of ether oxygens (including phenoxy) is 1. The van der Waals surface area contributed by atoms with Crippen LogP contribution < -0.4 is 4.74 Å². The van der Waals surface area contributed by atoms with Crippen molar-refractivity contribution >= 4 is 12.0 Å². The van der Waals surface area contributed by atoms with E-state index in [4.69, 9.17) is 9.84 Å². The van der Waals surface area contributed by atoms with Crippen LogP contribution in [-0.4, -0.2) is 27.7 Å². The van der Waals surface area contributed by atoms with Crippen molar-refractivity contribution in [1.29, 1.82) is 0 Å². The maximum Gasteiger partial charge on any atom is 0.328 e. The summed E-state index contributed by atoms with van der Waals surface area (Å²) in [5.41, 5.74) is 2.39. The number of para-hydroxylation sites is 1. The third kappa shape index (κ3) is 2.82. The van der Waals surface area contributed by atoms with Crippen molar-refractivity contribution in [3.63, 3.8) is 0 Å². The minimum atomic E-state index is -0.990. The van der Waals surface area contributed by atoms with Gasteiger partial charge in [0.2, 0.25) is 0 Å². The number of nitrogens with zero attached hydrogens (tertiary/aromatic N) is 2. The van der Waals surface area contributed by atoms with Crippen LogP contribution in [0.2, 0.25) is 0 Å². The predicted octanol–water partition coefficient (Wildman–Crippen LogP) is 2.29. The first-order valence-electron chi connectivity index (χ1n) is 5.71. The van der Waals surface area contributed by atoms with E-state index in [0.29, 0.717) is 5.75 Å². The molecule has 0 saturated carbocycles. The highest BCUT2D eigenvalue weighted by molar-refractivity contribution is 5.86. The molecule has 0 aliphatic carbocycles. The van der Waals surface area contributed by atoms with Crippen molar-refractivity contribution in [2.24, 2.45) is 0 Å². The Labute approximate surface area is 110 Å². The second-order valence-corrected chi connectivity index (χ2v) is 3.99. The Morgan fingerprint density at radius 1 is 1.47 bits per heavy atom. The van der Waals surface area contributed by atoms with Gasteiger partial charge in [0.05, 0.1) is 24.8 Å². The number of hydrogen-bond acceptors (Lipinski definition) is 3. The maximum absolute atomic E-state index is 10.6. The fourth-order valence-corrected chi connectivity index (χ4v) is 1.82. The Hall–Kier alpha value is -2.56. The molecule has 0 saturated heterocycles. The average Bonchev–Trinajstić information content (AvgIpc) is 2.82. The first-order valence-corrected chi connectivity index (χ1v) is 5.71. The van der Waals surface area contributed by atoms with E-state index in [-0.39, 0.29) is 0 Å². The number of aromatic nitrogens is 2. The van der Waals surface area contributed by atoms with Crippen LogP contribution in [0.4, 0.5) is 0 Å². The molecule has 2 rings (SSSR count). The molecule has 1 aromatic carbocycles. The molecule has 0 atom stereocenters. The predicted molar refractivity (Wildman–Crippen MR) is 71.5 cm³/mol. The molecule has 1 N–H and O–H groups in total. The van der Waals surface area contributed by atoms with Gasteiger partial charge in [0, 0.05) is 17.8 Å². The summed E-state index contributed by atoms with van der Waals surface area (Å²) in [6, 6.07) is 5.46. The third-order valence-electron chi connectivity index (χ3n) is 2.63. The molecule has 0 bridgehead atoms. The molecule has 0 amide bonds. The first-order chi connectivity index (χ1) is 9.11. The van der Waals surface area contributed by atoms with Crippen LogP contribution in [0.15, 0.2) is 36.8 Å². The lowest BCUT2D eigenvalue weighted by Gasteiger charge is -2.12. The van der Waals surface area contributed by atoms with Crippen LogP contribution in [0.3, 0.4) is 0 Å². The van der Waals surface area contributed by atoms with E-state index in [9.17, 15) is 4.79 Å². The lowest BCUT2D eigenvalue weighted by atomic mass is 10.1. The van der Waals surface area contributed by atoms with Crippen molar-refractivity contribution in [3.05, 3.63) is 48.1 Å². The molecule has 1 heterocycles. The van der Waals surface area contributed by atoms with Crippen molar-refractivity contribution in [2.75, 3.05) is 7.11 Å². The van der Waals surface area contributed by atoms with E-state index < -0.39 is 5.97 Å². The number of carboxylic acids is 1. The highest BCUT2D eigenvalue weighted by atomic mass is 16.5. The van der Waals surface area contributed by atoms with Crippen molar-refractivity contribution in [3.8, 4) is 11.4 Å². The number of carboxylic acid groups (broad SMARTS) is 1. The van der Waals surface area contributed by atoms with Gasteiger partial charge in [-0.15, -0.1) is 0 Å². The number of rotatable bonds is 4. The lowest BCUT2D eigenvalue weighted by Crippen LogP contribution is -1.99. The van der Waals surface area contributed by atoms with Crippen molar-refractivity contribution in [1.82, 2.24) is 9.55 Å². The Morgan fingerprint density at radius 3 is 2.84 bits per heavy atom. The van der Waals surface area contributed by atoms with Crippen LogP contribution in [-0.2, 0) is 4.79 Å². The molecule has 5 nitrogen and oxygen atoms in total. The molecule has 5 heteroatoms. The molecule has 1 aromatic heterocycles. The van der Waals surface area contributed by atoms with Gasteiger partial charge in [-0.3, -0.25) is 0 Å². The molecule has 0 fully saturated rings. The number of aryl methyl sites for hydroxylation is 1. The Balaban J connectivity index is 2.58. The highest BCUT2D eigenvalue weighted by Gasteiger charge is 2.10. The summed E-state index contributed by atoms with van der Waals surface area (Å²) < 4.78 is 7.14. The smallest absolute Gasteiger partial charge is 0.328 e. The largest absolute Gasteiger partial charge is 0.495 e. The molecule has 2 aromatic rings. The van der Waals surface area contributed by atoms with Gasteiger partial charge in [0.1, 0.15) is 5.75 Å². The van der Waals surface area contributed by atoms with Gasteiger partial charge < -0.3 is 14.4 Å². The second kappa shape index (κ2) is 5.39. The molecule has 19 heavy (non-hydrogen) atoms. The maximum atomic E-state index is 10.6. The van der Waals surface area contributed by atoms with E-state index in [1.54, 1.807) is 13.4 Å². The Bertz CT molecular complexity index is 629. The first kappa shape index (κ1) is 12.9. The zero-order chi connectivity index (χ0) is 13.8. The fourth-order valence-electron chi connectivity index (χ4n) is 1.82. The van der Waals surface area contributed by atoms with Crippen LogP contribution in [0.25, 0.3) is 11.8 Å². The molecule has 98 valence electrons. The molecular formula is C14H14N2O3. The topological polar surface area (TPSA) is 64.3 Å². The summed E-state index contributed by atoms with van der Waals surface area (Å²) in [6.07, 6.45) is 6.17. The van der Waals surface area contributed by atoms with E-state index in [2.05, 4.69) is 4.98 Å². The summed E-state index contributed by atoms with van der Waals surface area (Å²) >= 11 is 0. The molecule has 0 unspecified atom stereocenters. The lowest BCUT2D eigenvalue weighted by molar-refractivity contribution is -0.131. The van der Waals surface area contributed by atoms with E-state index >= 15 is 0 Å². The SMILES string of the molecule is COc1cccc(/C=C/C(=O)O)c1-n1cnc(C)c1. The van der Waals surface area contributed by atoms with Gasteiger partial charge in [-0.2, -0.15) is 0 Å². The van der Waals surface area contributed by atoms with Crippen LogP contribution >= 0.6 is 0 Å². The molecule has 0 aliphatic rings. The monoisotopic (exact) mass is 258 g/mol. The third-order valence-corrected chi connectivity index (χ3v) is 2.63. The Kier molecular flexibility index (Phi) is 3.66. The fraction of sp³-hybridized carbons (Fsp3) is 0.143. The van der Waals surface area contributed by atoms with Gasteiger partial charge >= 0.3 is 5.97 Å². The van der Waals surface area contributed by atoms with E-state index in [0.717, 1.165) is 23.0 Å². The quantitative estimate of drug-likeness (QED) is 0.854. The van der Waals surface area contributed by atoms with E-state index in [1.165, 1.54) is 6.08 Å².